The van der Waals surface area contributed by atoms with Crippen molar-refractivity contribution in [2.45, 2.75) is 26.4 Å². The summed E-state index contributed by atoms with van der Waals surface area (Å²) in [5.41, 5.74) is 1.92. The Bertz CT molecular complexity index is 595. The molecule has 0 unspecified atom stereocenters. The van der Waals surface area contributed by atoms with Gasteiger partial charge >= 0.3 is 6.36 Å². The molecule has 23 heavy (non-hydrogen) atoms. The summed E-state index contributed by atoms with van der Waals surface area (Å²) in [5, 5.41) is 3.23. The van der Waals surface area contributed by atoms with Gasteiger partial charge in [-0.3, -0.25) is 0 Å². The molecule has 2 aromatic rings. The minimum absolute atomic E-state index is 0.242. The molecule has 0 fully saturated rings. The van der Waals surface area contributed by atoms with Crippen molar-refractivity contribution in [2.24, 2.45) is 0 Å². The summed E-state index contributed by atoms with van der Waals surface area (Å²) in [5.74, 6) is 0.467. The van der Waals surface area contributed by atoms with Gasteiger partial charge in [0.1, 0.15) is 18.1 Å². The number of alkyl halides is 3. The van der Waals surface area contributed by atoms with Gasteiger partial charge in [-0.2, -0.15) is 0 Å². The second kappa shape index (κ2) is 7.87. The molecule has 2 rings (SSSR count). The molecule has 1 N–H and O–H groups in total. The molecular weight excluding hydrogens is 307 g/mol. The van der Waals surface area contributed by atoms with Crippen molar-refractivity contribution in [2.75, 3.05) is 6.54 Å². The van der Waals surface area contributed by atoms with Gasteiger partial charge in [0, 0.05) is 6.54 Å². The molecule has 0 radical (unpaired) electrons. The Morgan fingerprint density at radius 3 is 2.00 bits per heavy atom. The van der Waals surface area contributed by atoms with E-state index < -0.39 is 6.36 Å². The van der Waals surface area contributed by atoms with Crippen molar-refractivity contribution in [1.82, 2.24) is 5.32 Å². The first-order chi connectivity index (χ1) is 11.0. The third kappa shape index (κ3) is 6.20. The molecule has 0 spiro atoms. The van der Waals surface area contributed by atoms with Gasteiger partial charge in [0.15, 0.2) is 0 Å². The normalized spacial score (nSPS) is 11.3. The summed E-state index contributed by atoms with van der Waals surface area (Å²) in [6, 6.07) is 13.3. The van der Waals surface area contributed by atoms with E-state index in [4.69, 9.17) is 4.74 Å². The molecular formula is C17H18F3NO2. The summed E-state index contributed by atoms with van der Waals surface area (Å²) in [7, 11) is 0. The third-order valence-electron chi connectivity index (χ3n) is 3.06. The van der Waals surface area contributed by atoms with Crippen molar-refractivity contribution >= 4 is 0 Å². The second-order valence-electron chi connectivity index (χ2n) is 4.90. The molecule has 0 aliphatic carbocycles. The van der Waals surface area contributed by atoms with E-state index in [0.29, 0.717) is 5.75 Å². The number of hydrogen-bond donors (Lipinski definition) is 1. The predicted octanol–water partition coefficient (Wildman–Crippen LogP) is 4.27. The quantitative estimate of drug-likeness (QED) is 0.824. The number of ether oxygens (including phenoxy) is 2. The Labute approximate surface area is 133 Å². The monoisotopic (exact) mass is 325 g/mol. The number of nitrogens with one attached hydrogen (secondary N) is 1. The molecule has 0 atom stereocenters. The van der Waals surface area contributed by atoms with E-state index in [1.165, 1.54) is 12.1 Å². The summed E-state index contributed by atoms with van der Waals surface area (Å²) < 4.78 is 45.6. The number of hydrogen-bond acceptors (Lipinski definition) is 3. The van der Waals surface area contributed by atoms with Crippen LogP contribution in [0.25, 0.3) is 0 Å². The Morgan fingerprint density at radius 1 is 0.870 bits per heavy atom. The lowest BCUT2D eigenvalue weighted by molar-refractivity contribution is -0.274. The Kier molecular flexibility index (Phi) is 5.87. The molecule has 0 bridgehead atoms. The van der Waals surface area contributed by atoms with Crippen LogP contribution in [0.3, 0.4) is 0 Å². The minimum Gasteiger partial charge on any atom is -0.489 e. The van der Waals surface area contributed by atoms with E-state index in [1.54, 1.807) is 12.1 Å². The van der Waals surface area contributed by atoms with Crippen molar-refractivity contribution < 1.29 is 22.6 Å². The van der Waals surface area contributed by atoms with Gasteiger partial charge in [-0.25, -0.2) is 0 Å². The molecule has 0 aromatic heterocycles. The minimum atomic E-state index is -4.67. The van der Waals surface area contributed by atoms with Gasteiger partial charge < -0.3 is 14.8 Å². The summed E-state index contributed by atoms with van der Waals surface area (Å²) >= 11 is 0. The van der Waals surface area contributed by atoms with E-state index in [-0.39, 0.29) is 12.4 Å². The van der Waals surface area contributed by atoms with Crippen LogP contribution in [0.15, 0.2) is 48.5 Å². The van der Waals surface area contributed by atoms with Crippen molar-refractivity contribution in [3.8, 4) is 11.5 Å². The maximum absolute atomic E-state index is 12.1. The molecule has 0 heterocycles. The fraction of sp³-hybridized carbons (Fsp3) is 0.294. The van der Waals surface area contributed by atoms with E-state index in [1.807, 2.05) is 31.2 Å². The van der Waals surface area contributed by atoms with Crippen LogP contribution < -0.4 is 14.8 Å². The van der Waals surface area contributed by atoms with Crippen molar-refractivity contribution in [3.63, 3.8) is 0 Å². The first-order valence-electron chi connectivity index (χ1n) is 7.23. The summed E-state index contributed by atoms with van der Waals surface area (Å²) in [6.07, 6.45) is -4.67. The summed E-state index contributed by atoms with van der Waals surface area (Å²) in [6.45, 7) is 4.03. The predicted molar refractivity (Wildman–Crippen MR) is 81.3 cm³/mol. The standard InChI is InChI=1S/C17H18F3NO2/c1-2-21-11-13-3-7-15(8-4-13)22-12-14-5-9-16(10-6-14)23-17(18,19)20/h3-10,21H,2,11-12H2,1H3. The summed E-state index contributed by atoms with van der Waals surface area (Å²) in [4.78, 5) is 0. The Morgan fingerprint density at radius 2 is 1.43 bits per heavy atom. The fourth-order valence-corrected chi connectivity index (χ4v) is 1.93. The molecule has 0 saturated heterocycles. The van der Waals surface area contributed by atoms with Gasteiger partial charge in [0.2, 0.25) is 0 Å². The molecule has 0 amide bonds. The zero-order valence-corrected chi connectivity index (χ0v) is 12.7. The van der Waals surface area contributed by atoms with E-state index in [9.17, 15) is 13.2 Å². The number of benzene rings is 2. The molecule has 3 nitrogen and oxygen atoms in total. The van der Waals surface area contributed by atoms with Gasteiger partial charge in [0.05, 0.1) is 0 Å². The number of rotatable bonds is 7. The lowest BCUT2D eigenvalue weighted by atomic mass is 10.2. The van der Waals surface area contributed by atoms with Crippen LogP contribution in [-0.4, -0.2) is 12.9 Å². The zero-order valence-electron chi connectivity index (χ0n) is 12.7. The Hall–Kier alpha value is -2.21. The van der Waals surface area contributed by atoms with Crippen molar-refractivity contribution in [1.29, 1.82) is 0 Å². The average Bonchev–Trinajstić information content (AvgIpc) is 2.52. The lowest BCUT2D eigenvalue weighted by Crippen LogP contribution is -2.17. The largest absolute Gasteiger partial charge is 0.573 e. The topological polar surface area (TPSA) is 30.5 Å². The number of halogens is 3. The molecule has 0 aliphatic rings. The first-order valence-corrected chi connectivity index (χ1v) is 7.23. The third-order valence-corrected chi connectivity index (χ3v) is 3.06. The molecule has 0 aliphatic heterocycles. The maximum atomic E-state index is 12.1. The van der Waals surface area contributed by atoms with Gasteiger partial charge in [-0.1, -0.05) is 31.2 Å². The maximum Gasteiger partial charge on any atom is 0.573 e. The van der Waals surface area contributed by atoms with Crippen LogP contribution in [0.2, 0.25) is 0 Å². The first kappa shape index (κ1) is 17.1. The molecule has 2 aromatic carbocycles. The van der Waals surface area contributed by atoms with E-state index >= 15 is 0 Å². The smallest absolute Gasteiger partial charge is 0.489 e. The zero-order chi connectivity index (χ0) is 16.7. The highest BCUT2D eigenvalue weighted by Gasteiger charge is 2.30. The molecule has 6 heteroatoms. The highest BCUT2D eigenvalue weighted by Crippen LogP contribution is 2.23. The van der Waals surface area contributed by atoms with Crippen LogP contribution in [0.5, 0.6) is 11.5 Å². The lowest BCUT2D eigenvalue weighted by Gasteiger charge is -2.10. The van der Waals surface area contributed by atoms with Crippen LogP contribution >= 0.6 is 0 Å². The van der Waals surface area contributed by atoms with Crippen LogP contribution in [0.4, 0.5) is 13.2 Å². The highest BCUT2D eigenvalue weighted by atomic mass is 19.4. The second-order valence-corrected chi connectivity index (χ2v) is 4.90. The fourth-order valence-electron chi connectivity index (χ4n) is 1.93. The van der Waals surface area contributed by atoms with E-state index in [0.717, 1.165) is 24.2 Å². The van der Waals surface area contributed by atoms with Gasteiger partial charge in [-0.05, 0) is 41.9 Å². The molecule has 124 valence electrons. The van der Waals surface area contributed by atoms with E-state index in [2.05, 4.69) is 10.1 Å². The SMILES string of the molecule is CCNCc1ccc(OCc2ccc(OC(F)(F)F)cc2)cc1. The van der Waals surface area contributed by atoms with Gasteiger partial charge in [-0.15, -0.1) is 13.2 Å². The average molecular weight is 325 g/mol. The van der Waals surface area contributed by atoms with Gasteiger partial charge in [0.25, 0.3) is 0 Å². The Balaban J connectivity index is 1.85. The van der Waals surface area contributed by atoms with Crippen LogP contribution in [-0.2, 0) is 13.2 Å². The highest BCUT2D eigenvalue weighted by molar-refractivity contribution is 5.29. The van der Waals surface area contributed by atoms with Crippen molar-refractivity contribution in [3.05, 3.63) is 59.7 Å². The van der Waals surface area contributed by atoms with Crippen LogP contribution in [0, 0.1) is 0 Å². The van der Waals surface area contributed by atoms with Crippen LogP contribution in [0.1, 0.15) is 18.1 Å². The molecule has 0 saturated carbocycles.